The molecule has 0 amide bonds. The molecule has 1 rings (SSSR count). The van der Waals surface area contributed by atoms with Crippen LogP contribution in [-0.4, -0.2) is 28.2 Å². The van der Waals surface area contributed by atoms with Gasteiger partial charge in [-0.25, -0.2) is 13.6 Å². The Kier molecular flexibility index (Phi) is 3.74. The monoisotopic (exact) mass is 245 g/mol. The Morgan fingerprint density at radius 2 is 1.88 bits per heavy atom. The molecular weight excluding hydrogens is 236 g/mol. The van der Waals surface area contributed by atoms with Gasteiger partial charge in [0.2, 0.25) is 0 Å². The molecule has 0 radical (unpaired) electrons. The molecule has 0 aliphatic rings. The lowest BCUT2D eigenvalue weighted by molar-refractivity contribution is -0.138. The maximum atomic E-state index is 13.0. The van der Waals surface area contributed by atoms with Crippen molar-refractivity contribution in [2.45, 2.75) is 12.5 Å². The molecule has 4 N–H and O–H groups in total. The molecule has 0 heterocycles. The van der Waals surface area contributed by atoms with E-state index in [1.807, 2.05) is 0 Å². The molecule has 17 heavy (non-hydrogen) atoms. The van der Waals surface area contributed by atoms with Crippen molar-refractivity contribution >= 4 is 11.9 Å². The first-order valence-corrected chi connectivity index (χ1v) is 4.52. The van der Waals surface area contributed by atoms with E-state index in [4.69, 9.17) is 15.9 Å². The number of aliphatic carboxylic acids is 1. The first-order chi connectivity index (χ1) is 7.82. The number of carboxylic acids is 2. The molecule has 1 aromatic carbocycles. The number of aromatic carboxylic acids is 1. The van der Waals surface area contributed by atoms with Gasteiger partial charge < -0.3 is 15.9 Å². The summed E-state index contributed by atoms with van der Waals surface area (Å²) in [6.07, 6.45) is -0.285. The predicted molar refractivity (Wildman–Crippen MR) is 52.6 cm³/mol. The number of hydrogen-bond acceptors (Lipinski definition) is 3. The zero-order valence-corrected chi connectivity index (χ0v) is 8.48. The summed E-state index contributed by atoms with van der Waals surface area (Å²) in [6, 6.07) is 0.287. The quantitative estimate of drug-likeness (QED) is 0.721. The van der Waals surface area contributed by atoms with Crippen LogP contribution >= 0.6 is 0 Å². The van der Waals surface area contributed by atoms with Crippen molar-refractivity contribution in [3.63, 3.8) is 0 Å². The fourth-order valence-corrected chi connectivity index (χ4v) is 1.26. The van der Waals surface area contributed by atoms with Gasteiger partial charge in [0.05, 0.1) is 5.56 Å². The molecule has 0 aliphatic heterocycles. The third-order valence-electron chi connectivity index (χ3n) is 2.09. The molecule has 0 aliphatic carbocycles. The summed E-state index contributed by atoms with van der Waals surface area (Å²) in [5.41, 5.74) is 4.36. The van der Waals surface area contributed by atoms with Crippen molar-refractivity contribution in [2.24, 2.45) is 5.73 Å². The van der Waals surface area contributed by atoms with Crippen LogP contribution in [-0.2, 0) is 11.2 Å². The van der Waals surface area contributed by atoms with E-state index in [0.717, 1.165) is 12.1 Å². The van der Waals surface area contributed by atoms with Gasteiger partial charge >= 0.3 is 11.9 Å². The Labute approximate surface area is 94.5 Å². The van der Waals surface area contributed by atoms with E-state index in [1.54, 1.807) is 0 Å². The van der Waals surface area contributed by atoms with Gasteiger partial charge in [-0.3, -0.25) is 4.79 Å². The summed E-state index contributed by atoms with van der Waals surface area (Å²) in [4.78, 5) is 21.1. The van der Waals surface area contributed by atoms with Crippen LogP contribution in [0.3, 0.4) is 0 Å². The van der Waals surface area contributed by atoms with Gasteiger partial charge in [-0.1, -0.05) is 0 Å². The Hall–Kier alpha value is -2.02. The number of rotatable bonds is 4. The third-order valence-corrected chi connectivity index (χ3v) is 2.09. The van der Waals surface area contributed by atoms with Crippen molar-refractivity contribution in [1.82, 2.24) is 0 Å². The number of carboxylic acid groups (broad SMARTS) is 2. The topological polar surface area (TPSA) is 101 Å². The molecule has 0 fully saturated rings. The van der Waals surface area contributed by atoms with Crippen molar-refractivity contribution in [3.8, 4) is 0 Å². The summed E-state index contributed by atoms with van der Waals surface area (Å²) < 4.78 is 26.0. The average Bonchev–Trinajstić information content (AvgIpc) is 2.22. The summed E-state index contributed by atoms with van der Waals surface area (Å²) in [7, 11) is 0. The largest absolute Gasteiger partial charge is 0.480 e. The van der Waals surface area contributed by atoms with Crippen molar-refractivity contribution < 1.29 is 28.6 Å². The highest BCUT2D eigenvalue weighted by Gasteiger charge is 2.19. The Bertz CT molecular complexity index is 476. The van der Waals surface area contributed by atoms with Crippen LogP contribution in [0.4, 0.5) is 8.78 Å². The maximum absolute atomic E-state index is 13.0. The molecule has 0 saturated carbocycles. The Morgan fingerprint density at radius 1 is 1.29 bits per heavy atom. The Morgan fingerprint density at radius 3 is 2.35 bits per heavy atom. The van der Waals surface area contributed by atoms with Gasteiger partial charge in [-0.05, 0) is 24.1 Å². The summed E-state index contributed by atoms with van der Waals surface area (Å²) in [6.45, 7) is 0. The van der Waals surface area contributed by atoms with Crippen molar-refractivity contribution in [3.05, 3.63) is 34.9 Å². The van der Waals surface area contributed by atoms with E-state index in [2.05, 4.69) is 0 Å². The normalized spacial score (nSPS) is 12.2. The second-order valence-corrected chi connectivity index (χ2v) is 3.39. The summed E-state index contributed by atoms with van der Waals surface area (Å²) in [5, 5.41) is 17.1. The number of carbonyl (C=O) groups is 2. The van der Waals surface area contributed by atoms with Gasteiger partial charge in [0.25, 0.3) is 0 Å². The second-order valence-electron chi connectivity index (χ2n) is 3.39. The molecule has 1 atom stereocenters. The van der Waals surface area contributed by atoms with Crippen molar-refractivity contribution in [1.29, 1.82) is 0 Å². The van der Waals surface area contributed by atoms with Gasteiger partial charge in [0.15, 0.2) is 11.6 Å². The molecule has 1 aromatic rings. The zero-order valence-electron chi connectivity index (χ0n) is 8.48. The zero-order chi connectivity index (χ0) is 13.2. The fraction of sp³-hybridized carbons (Fsp3) is 0.200. The lowest BCUT2D eigenvalue weighted by Gasteiger charge is -2.08. The average molecular weight is 245 g/mol. The molecule has 0 aromatic heterocycles. The van der Waals surface area contributed by atoms with Crippen LogP contribution < -0.4 is 5.73 Å². The van der Waals surface area contributed by atoms with E-state index >= 15 is 0 Å². The summed E-state index contributed by atoms with van der Waals surface area (Å²) in [5.74, 6) is -5.78. The maximum Gasteiger partial charge on any atom is 0.338 e. The second kappa shape index (κ2) is 4.88. The predicted octanol–water partition coefficient (Wildman–Crippen LogP) is 0.617. The number of nitrogens with two attached hydrogens (primary N) is 1. The summed E-state index contributed by atoms with van der Waals surface area (Å²) >= 11 is 0. The molecule has 7 heteroatoms. The third kappa shape index (κ3) is 2.97. The SMILES string of the molecule is NC(Cc1cc(F)c(F)c(C(=O)O)c1)C(=O)O. The van der Waals surface area contributed by atoms with Crippen LogP contribution in [0.1, 0.15) is 15.9 Å². The first-order valence-electron chi connectivity index (χ1n) is 4.52. The standard InChI is InChI=1S/C10H9F2NO4/c11-6-2-4(3-7(13)10(16)17)1-5(8(6)12)9(14)15/h1-2,7H,3,13H2,(H,14,15)(H,16,17). The fourth-order valence-electron chi connectivity index (χ4n) is 1.26. The highest BCUT2D eigenvalue weighted by atomic mass is 19.2. The molecule has 92 valence electrons. The van der Waals surface area contributed by atoms with E-state index in [1.165, 1.54) is 0 Å². The van der Waals surface area contributed by atoms with Crippen LogP contribution in [0, 0.1) is 11.6 Å². The number of benzene rings is 1. The van der Waals surface area contributed by atoms with Crippen LogP contribution in [0.5, 0.6) is 0 Å². The molecular formula is C10H9F2NO4. The first kappa shape index (κ1) is 13.0. The minimum Gasteiger partial charge on any atom is -0.480 e. The molecule has 0 bridgehead atoms. The van der Waals surface area contributed by atoms with Crippen molar-refractivity contribution in [2.75, 3.05) is 0 Å². The molecule has 5 nitrogen and oxygen atoms in total. The van der Waals surface area contributed by atoms with Gasteiger partial charge in [-0.15, -0.1) is 0 Å². The van der Waals surface area contributed by atoms with Crippen LogP contribution in [0.25, 0.3) is 0 Å². The van der Waals surface area contributed by atoms with E-state index < -0.39 is 35.2 Å². The van der Waals surface area contributed by atoms with Gasteiger partial charge in [0, 0.05) is 0 Å². The molecule has 0 spiro atoms. The van der Waals surface area contributed by atoms with E-state index in [0.29, 0.717) is 0 Å². The smallest absolute Gasteiger partial charge is 0.338 e. The lowest BCUT2D eigenvalue weighted by atomic mass is 10.0. The molecule has 1 unspecified atom stereocenters. The molecule has 0 saturated heterocycles. The van der Waals surface area contributed by atoms with Crippen LogP contribution in [0.2, 0.25) is 0 Å². The van der Waals surface area contributed by atoms with E-state index in [-0.39, 0.29) is 12.0 Å². The van der Waals surface area contributed by atoms with Gasteiger partial charge in [0.1, 0.15) is 6.04 Å². The highest BCUT2D eigenvalue weighted by molar-refractivity contribution is 5.88. The minimum atomic E-state index is -1.63. The van der Waals surface area contributed by atoms with E-state index in [9.17, 15) is 18.4 Å². The van der Waals surface area contributed by atoms with Crippen LogP contribution in [0.15, 0.2) is 12.1 Å². The lowest BCUT2D eigenvalue weighted by Crippen LogP contribution is -2.32. The highest BCUT2D eigenvalue weighted by Crippen LogP contribution is 2.16. The van der Waals surface area contributed by atoms with Gasteiger partial charge in [-0.2, -0.15) is 0 Å². The minimum absolute atomic E-state index is 0.0104. The Balaban J connectivity index is 3.11. The number of hydrogen-bond donors (Lipinski definition) is 3. The number of halogens is 2.